The molecule has 2 amide bonds. The van der Waals surface area contributed by atoms with Crippen LogP contribution < -0.4 is 20.2 Å². The summed E-state index contributed by atoms with van der Waals surface area (Å²) >= 11 is 10.8. The summed E-state index contributed by atoms with van der Waals surface area (Å²) in [6.45, 7) is 3.89. The second-order valence-corrected chi connectivity index (χ2v) is 11.8. The molecule has 13 heteroatoms. The lowest BCUT2D eigenvalue weighted by molar-refractivity contribution is -0.136. The van der Waals surface area contributed by atoms with Gasteiger partial charge in [0, 0.05) is 10.4 Å². The molecule has 4 rings (SSSR count). The molecule has 0 atom stereocenters. The average Bonchev–Trinajstić information content (AvgIpc) is 3.13. The van der Waals surface area contributed by atoms with Crippen LogP contribution in [-0.2, 0) is 33.8 Å². The summed E-state index contributed by atoms with van der Waals surface area (Å²) in [5.74, 6) is -2.31. The van der Waals surface area contributed by atoms with Crippen molar-refractivity contribution in [3.05, 3.63) is 72.8 Å². The van der Waals surface area contributed by atoms with E-state index in [9.17, 15) is 18.8 Å². The molecule has 2 aromatic carbocycles. The molecule has 1 aliphatic carbocycles. The van der Waals surface area contributed by atoms with Gasteiger partial charge in [0.25, 0.3) is 0 Å². The van der Waals surface area contributed by atoms with Crippen molar-refractivity contribution in [2.75, 3.05) is 18.5 Å². The molecule has 3 aromatic rings. The first-order chi connectivity index (χ1) is 20.7. The van der Waals surface area contributed by atoms with Gasteiger partial charge >= 0.3 is 17.8 Å². The number of rotatable bonds is 10. The van der Waals surface area contributed by atoms with E-state index in [1.807, 2.05) is 0 Å². The van der Waals surface area contributed by atoms with Gasteiger partial charge in [-0.05, 0) is 90.9 Å². The van der Waals surface area contributed by atoms with Gasteiger partial charge in [-0.15, -0.1) is 11.3 Å². The van der Waals surface area contributed by atoms with Crippen LogP contribution in [0.3, 0.4) is 0 Å². The fraction of sp³-hybridized carbons (Fsp3) is 0.333. The maximum Gasteiger partial charge on any atom is 0.341 e. The maximum absolute atomic E-state index is 14.2. The van der Waals surface area contributed by atoms with Crippen LogP contribution in [0, 0.1) is 5.82 Å². The second-order valence-electron chi connectivity index (χ2n) is 9.39. The molecule has 0 fully saturated rings. The number of thiophene rings is 1. The van der Waals surface area contributed by atoms with Crippen molar-refractivity contribution in [1.29, 1.82) is 0 Å². The molecular weight excluding hydrogens is 665 g/mol. The van der Waals surface area contributed by atoms with Crippen molar-refractivity contribution in [3.8, 4) is 11.5 Å². The van der Waals surface area contributed by atoms with E-state index in [0.717, 1.165) is 36.1 Å². The van der Waals surface area contributed by atoms with E-state index in [4.69, 9.17) is 25.8 Å². The largest absolute Gasteiger partial charge is 0.490 e. The highest BCUT2D eigenvalue weighted by Crippen LogP contribution is 2.39. The van der Waals surface area contributed by atoms with Crippen LogP contribution in [0.15, 0.2) is 39.9 Å². The predicted molar refractivity (Wildman–Crippen MR) is 167 cm³/mol. The van der Waals surface area contributed by atoms with Gasteiger partial charge in [0.1, 0.15) is 17.4 Å². The molecular formula is C30H30BrClFN3O6S. The normalized spacial score (nSPS) is 12.8. The summed E-state index contributed by atoms with van der Waals surface area (Å²) in [5, 5.41) is 7.00. The van der Waals surface area contributed by atoms with E-state index in [-0.39, 0.29) is 23.8 Å². The molecule has 9 nitrogen and oxygen atoms in total. The topological polar surface area (TPSA) is 115 Å². The summed E-state index contributed by atoms with van der Waals surface area (Å²) in [4.78, 5) is 39.0. The summed E-state index contributed by atoms with van der Waals surface area (Å²) in [5.41, 5.74) is 4.13. The number of nitrogens with zero attached hydrogens (tertiary/aromatic N) is 1. The Bertz CT molecular complexity index is 1530. The SMILES string of the molecule is CCOC(=O)c1c(NC(=O)C(=O)N/N=C/c2cc(Br)c(OCc3c(F)cccc3Cl)c(OCC)c2)sc2c1CCCCC2. The summed E-state index contributed by atoms with van der Waals surface area (Å²) < 4.78 is 31.4. The van der Waals surface area contributed by atoms with E-state index >= 15 is 0 Å². The summed E-state index contributed by atoms with van der Waals surface area (Å²) in [6, 6.07) is 7.65. The van der Waals surface area contributed by atoms with Crippen LogP contribution >= 0.6 is 38.9 Å². The number of benzene rings is 2. The third-order valence-electron chi connectivity index (χ3n) is 6.47. The van der Waals surface area contributed by atoms with Gasteiger partial charge < -0.3 is 19.5 Å². The Labute approximate surface area is 265 Å². The number of ether oxygens (including phenoxy) is 3. The minimum Gasteiger partial charge on any atom is -0.490 e. The van der Waals surface area contributed by atoms with Gasteiger partial charge in [-0.1, -0.05) is 24.1 Å². The van der Waals surface area contributed by atoms with Crippen LogP contribution in [0.5, 0.6) is 11.5 Å². The number of amides is 2. The zero-order chi connectivity index (χ0) is 30.9. The number of carbonyl (C=O) groups is 3. The first kappa shape index (κ1) is 32.4. The Kier molecular flexibility index (Phi) is 11.5. The molecule has 0 unspecified atom stereocenters. The smallest absolute Gasteiger partial charge is 0.341 e. The van der Waals surface area contributed by atoms with E-state index < -0.39 is 23.6 Å². The van der Waals surface area contributed by atoms with Crippen molar-refractivity contribution >= 4 is 67.9 Å². The molecule has 43 heavy (non-hydrogen) atoms. The molecule has 2 N–H and O–H groups in total. The molecule has 1 heterocycles. The van der Waals surface area contributed by atoms with Crippen LogP contribution in [0.1, 0.15) is 65.0 Å². The Morgan fingerprint density at radius 1 is 1.09 bits per heavy atom. The van der Waals surface area contributed by atoms with Gasteiger partial charge in [0.05, 0.1) is 34.5 Å². The van der Waals surface area contributed by atoms with E-state index in [2.05, 4.69) is 31.8 Å². The molecule has 0 spiro atoms. The average molecular weight is 695 g/mol. The van der Waals surface area contributed by atoms with Gasteiger partial charge in [-0.25, -0.2) is 14.6 Å². The van der Waals surface area contributed by atoms with Crippen molar-refractivity contribution in [3.63, 3.8) is 0 Å². The van der Waals surface area contributed by atoms with E-state index in [1.165, 1.54) is 29.7 Å². The molecule has 228 valence electrons. The molecule has 0 aliphatic heterocycles. The van der Waals surface area contributed by atoms with E-state index in [0.29, 0.717) is 45.1 Å². The highest BCUT2D eigenvalue weighted by molar-refractivity contribution is 9.10. The number of esters is 1. The first-order valence-corrected chi connectivity index (χ1v) is 15.7. The number of aryl methyl sites for hydroxylation is 1. The number of hydrazone groups is 1. The number of nitrogens with one attached hydrogen (secondary N) is 2. The van der Waals surface area contributed by atoms with Crippen molar-refractivity contribution in [2.45, 2.75) is 52.6 Å². The zero-order valence-electron chi connectivity index (χ0n) is 23.6. The van der Waals surface area contributed by atoms with Crippen molar-refractivity contribution in [1.82, 2.24) is 5.43 Å². The monoisotopic (exact) mass is 693 g/mol. The van der Waals surface area contributed by atoms with Gasteiger partial charge in [-0.2, -0.15) is 5.10 Å². The highest BCUT2D eigenvalue weighted by Gasteiger charge is 2.28. The molecule has 0 radical (unpaired) electrons. The van der Waals surface area contributed by atoms with Gasteiger partial charge in [-0.3, -0.25) is 9.59 Å². The molecule has 0 saturated heterocycles. The highest BCUT2D eigenvalue weighted by atomic mass is 79.9. The lowest BCUT2D eigenvalue weighted by Gasteiger charge is -2.15. The van der Waals surface area contributed by atoms with Crippen LogP contribution in [0.4, 0.5) is 9.39 Å². The number of hydrogen-bond donors (Lipinski definition) is 2. The lowest BCUT2D eigenvalue weighted by Crippen LogP contribution is -2.32. The molecule has 0 saturated carbocycles. The number of fused-ring (bicyclic) bond motifs is 1. The lowest BCUT2D eigenvalue weighted by atomic mass is 10.1. The zero-order valence-corrected chi connectivity index (χ0v) is 26.7. The van der Waals surface area contributed by atoms with Crippen LogP contribution in [0.25, 0.3) is 0 Å². The summed E-state index contributed by atoms with van der Waals surface area (Å²) in [6.07, 6.45) is 5.84. The van der Waals surface area contributed by atoms with Crippen LogP contribution in [0.2, 0.25) is 5.02 Å². The number of anilines is 1. The fourth-order valence-corrected chi connectivity index (χ4v) is 6.57. The number of hydrogen-bond acceptors (Lipinski definition) is 8. The standard InChI is InChI=1S/C30H30BrClFN3O6S/c1-3-40-23-14-17(13-20(31)26(23)42-16-19-21(32)10-8-11-22(19)33)15-34-36-28(38)27(37)35-29-25(30(39)41-4-2)18-9-6-5-7-12-24(18)43-29/h8,10-11,13-15H,3-7,9,12,16H2,1-2H3,(H,35,37)(H,36,38)/b34-15+. The van der Waals surface area contributed by atoms with Gasteiger partial charge in [0.15, 0.2) is 11.5 Å². The first-order valence-electron chi connectivity index (χ1n) is 13.7. The Morgan fingerprint density at radius 3 is 2.63 bits per heavy atom. The third-order valence-corrected chi connectivity index (χ3v) is 8.62. The quantitative estimate of drug-likeness (QED) is 0.0792. The Balaban J connectivity index is 1.44. The van der Waals surface area contributed by atoms with Gasteiger partial charge in [0.2, 0.25) is 0 Å². The van der Waals surface area contributed by atoms with Crippen molar-refractivity contribution in [2.24, 2.45) is 5.10 Å². The third kappa shape index (κ3) is 8.12. The maximum atomic E-state index is 14.2. The molecule has 1 aliphatic rings. The Morgan fingerprint density at radius 2 is 1.88 bits per heavy atom. The number of carbonyl (C=O) groups excluding carboxylic acids is 3. The second kappa shape index (κ2) is 15.3. The fourth-order valence-electron chi connectivity index (χ4n) is 4.51. The predicted octanol–water partition coefficient (Wildman–Crippen LogP) is 6.82. The minimum absolute atomic E-state index is 0.131. The Hall–Kier alpha value is -3.48. The van der Waals surface area contributed by atoms with Crippen molar-refractivity contribution < 1.29 is 33.0 Å². The number of halogens is 3. The molecule has 1 aromatic heterocycles. The minimum atomic E-state index is -1.01. The molecule has 0 bridgehead atoms. The van der Waals surface area contributed by atoms with Crippen LogP contribution in [-0.4, -0.2) is 37.2 Å². The summed E-state index contributed by atoms with van der Waals surface area (Å²) in [7, 11) is 0. The van der Waals surface area contributed by atoms with E-state index in [1.54, 1.807) is 32.0 Å².